The maximum atomic E-state index is 12.9. The molecule has 0 unspecified atom stereocenters. The Morgan fingerprint density at radius 2 is 1.96 bits per heavy atom. The van der Waals surface area contributed by atoms with Crippen molar-refractivity contribution in [3.05, 3.63) is 65.2 Å². The summed E-state index contributed by atoms with van der Waals surface area (Å²) in [6, 6.07) is 10.5. The van der Waals surface area contributed by atoms with Crippen LogP contribution >= 0.6 is 11.3 Å². The van der Waals surface area contributed by atoms with Gasteiger partial charge in [-0.25, -0.2) is 0 Å². The van der Waals surface area contributed by atoms with Crippen LogP contribution in [0.5, 0.6) is 0 Å². The number of alkyl halides is 3. The molecule has 0 aliphatic rings. The fourth-order valence-electron chi connectivity index (χ4n) is 2.35. The minimum absolute atomic E-state index is 0.177. The number of carbonyl (C=O) groups is 1. The van der Waals surface area contributed by atoms with Gasteiger partial charge >= 0.3 is 6.18 Å². The van der Waals surface area contributed by atoms with E-state index in [-0.39, 0.29) is 12.1 Å². The second-order valence-electron chi connectivity index (χ2n) is 5.24. The van der Waals surface area contributed by atoms with Gasteiger partial charge in [0.25, 0.3) is 5.91 Å². The van der Waals surface area contributed by atoms with Gasteiger partial charge in [-0.3, -0.25) is 9.48 Å². The number of hydrogen-bond acceptors (Lipinski definition) is 3. The van der Waals surface area contributed by atoms with E-state index in [0.29, 0.717) is 6.54 Å². The molecular formula is C17H14F3N3OS. The normalized spacial score (nSPS) is 11.5. The first-order valence-electron chi connectivity index (χ1n) is 7.47. The molecule has 3 rings (SSSR count). The Morgan fingerprint density at radius 1 is 1.16 bits per heavy atom. The molecule has 0 bridgehead atoms. The lowest BCUT2D eigenvalue weighted by molar-refractivity contribution is -0.137. The number of thiophene rings is 1. The van der Waals surface area contributed by atoms with Gasteiger partial charge in [-0.1, -0.05) is 18.2 Å². The molecule has 2 aromatic heterocycles. The van der Waals surface area contributed by atoms with Crippen LogP contribution in [0.15, 0.2) is 54.0 Å². The zero-order valence-electron chi connectivity index (χ0n) is 13.0. The Labute approximate surface area is 145 Å². The number of nitrogens with zero attached hydrogens (tertiary/aromatic N) is 2. The highest BCUT2D eigenvalue weighted by molar-refractivity contribution is 7.13. The summed E-state index contributed by atoms with van der Waals surface area (Å²) in [4.78, 5) is 13.1. The van der Waals surface area contributed by atoms with Crippen LogP contribution in [0.4, 0.5) is 13.2 Å². The van der Waals surface area contributed by atoms with Crippen LogP contribution in [-0.2, 0) is 12.7 Å². The van der Waals surface area contributed by atoms with Gasteiger partial charge in [-0.2, -0.15) is 18.3 Å². The molecule has 0 spiro atoms. The summed E-state index contributed by atoms with van der Waals surface area (Å²) < 4.78 is 40.5. The first-order chi connectivity index (χ1) is 11.9. The van der Waals surface area contributed by atoms with Crippen molar-refractivity contribution in [2.45, 2.75) is 12.7 Å². The number of halogens is 3. The molecule has 25 heavy (non-hydrogen) atoms. The van der Waals surface area contributed by atoms with Crippen molar-refractivity contribution in [3.63, 3.8) is 0 Å². The molecule has 0 aliphatic heterocycles. The lowest BCUT2D eigenvalue weighted by atomic mass is 10.1. The van der Waals surface area contributed by atoms with Gasteiger partial charge in [-0.05, 0) is 29.6 Å². The van der Waals surface area contributed by atoms with Gasteiger partial charge in [0.05, 0.1) is 22.5 Å². The van der Waals surface area contributed by atoms with E-state index < -0.39 is 17.6 Å². The van der Waals surface area contributed by atoms with E-state index in [1.165, 1.54) is 18.2 Å². The van der Waals surface area contributed by atoms with Gasteiger partial charge in [0.15, 0.2) is 0 Å². The zero-order valence-corrected chi connectivity index (χ0v) is 13.8. The molecule has 1 amide bonds. The molecule has 2 heterocycles. The number of carbonyl (C=O) groups excluding carboxylic acids is 1. The first-order valence-corrected chi connectivity index (χ1v) is 8.35. The summed E-state index contributed by atoms with van der Waals surface area (Å²) in [5, 5.41) is 8.83. The van der Waals surface area contributed by atoms with Crippen LogP contribution in [0.3, 0.4) is 0 Å². The maximum Gasteiger partial charge on any atom is 0.417 e. The van der Waals surface area contributed by atoms with Crippen LogP contribution < -0.4 is 5.32 Å². The Balaban J connectivity index is 1.61. The lowest BCUT2D eigenvalue weighted by Gasteiger charge is -2.12. The molecule has 0 saturated heterocycles. The van der Waals surface area contributed by atoms with E-state index in [9.17, 15) is 18.0 Å². The van der Waals surface area contributed by atoms with Crippen LogP contribution in [-0.4, -0.2) is 22.2 Å². The van der Waals surface area contributed by atoms with E-state index in [1.807, 2.05) is 23.6 Å². The number of rotatable bonds is 5. The molecule has 0 saturated carbocycles. The largest absolute Gasteiger partial charge is 0.417 e. The molecule has 1 aromatic carbocycles. The predicted octanol–water partition coefficient (Wildman–Crippen LogP) is 4.06. The monoisotopic (exact) mass is 365 g/mol. The molecule has 0 radical (unpaired) electrons. The standard InChI is InChI=1S/C17H14F3N3OS/c18-17(19,20)13-5-2-1-4-12(13)16(24)21-8-10-23-9-7-14(22-23)15-6-3-11-25-15/h1-7,9,11H,8,10H2,(H,21,24). The summed E-state index contributed by atoms with van der Waals surface area (Å²) in [7, 11) is 0. The molecule has 130 valence electrons. The minimum Gasteiger partial charge on any atom is -0.350 e. The van der Waals surface area contributed by atoms with Crippen LogP contribution in [0.25, 0.3) is 10.6 Å². The van der Waals surface area contributed by atoms with Gasteiger partial charge in [-0.15, -0.1) is 11.3 Å². The average molecular weight is 365 g/mol. The SMILES string of the molecule is O=C(NCCn1ccc(-c2cccs2)n1)c1ccccc1C(F)(F)F. The molecule has 1 N–H and O–H groups in total. The molecule has 0 fully saturated rings. The number of hydrogen-bond donors (Lipinski definition) is 1. The third-order valence-corrected chi connectivity index (χ3v) is 4.41. The van der Waals surface area contributed by atoms with Crippen molar-refractivity contribution >= 4 is 17.2 Å². The van der Waals surface area contributed by atoms with Crippen molar-refractivity contribution in [3.8, 4) is 10.6 Å². The summed E-state index contributed by atoms with van der Waals surface area (Å²) in [5.41, 5.74) is -0.495. The van der Waals surface area contributed by atoms with Gasteiger partial charge in [0.1, 0.15) is 5.69 Å². The van der Waals surface area contributed by atoms with E-state index in [4.69, 9.17) is 0 Å². The van der Waals surface area contributed by atoms with Crippen molar-refractivity contribution < 1.29 is 18.0 Å². The second kappa shape index (κ2) is 7.10. The van der Waals surface area contributed by atoms with E-state index >= 15 is 0 Å². The van der Waals surface area contributed by atoms with Crippen LogP contribution in [0.1, 0.15) is 15.9 Å². The number of benzene rings is 1. The number of aromatic nitrogens is 2. The average Bonchev–Trinajstić information content (AvgIpc) is 3.25. The van der Waals surface area contributed by atoms with E-state index in [0.717, 1.165) is 16.6 Å². The minimum atomic E-state index is -4.56. The molecule has 0 atom stereocenters. The summed E-state index contributed by atoms with van der Waals surface area (Å²) >= 11 is 1.57. The lowest BCUT2D eigenvalue weighted by Crippen LogP contribution is -2.29. The van der Waals surface area contributed by atoms with Crippen molar-refractivity contribution in [1.29, 1.82) is 0 Å². The zero-order chi connectivity index (χ0) is 17.9. The van der Waals surface area contributed by atoms with Gasteiger partial charge < -0.3 is 5.32 Å². The third kappa shape index (κ3) is 4.08. The quantitative estimate of drug-likeness (QED) is 0.741. The van der Waals surface area contributed by atoms with Crippen molar-refractivity contribution in [1.82, 2.24) is 15.1 Å². The molecule has 0 aliphatic carbocycles. The molecular weight excluding hydrogens is 351 g/mol. The van der Waals surface area contributed by atoms with Crippen LogP contribution in [0, 0.1) is 0 Å². The molecule has 3 aromatic rings. The Hall–Kier alpha value is -2.61. The Morgan fingerprint density at radius 3 is 2.68 bits per heavy atom. The second-order valence-corrected chi connectivity index (χ2v) is 6.19. The highest BCUT2D eigenvalue weighted by Crippen LogP contribution is 2.31. The highest BCUT2D eigenvalue weighted by Gasteiger charge is 2.34. The van der Waals surface area contributed by atoms with Gasteiger partial charge in [0.2, 0.25) is 0 Å². The topological polar surface area (TPSA) is 46.9 Å². The third-order valence-electron chi connectivity index (χ3n) is 3.52. The molecule has 4 nitrogen and oxygen atoms in total. The number of nitrogens with one attached hydrogen (secondary N) is 1. The number of amides is 1. The fraction of sp³-hybridized carbons (Fsp3) is 0.176. The van der Waals surface area contributed by atoms with Crippen molar-refractivity contribution in [2.75, 3.05) is 6.54 Å². The van der Waals surface area contributed by atoms with E-state index in [2.05, 4.69) is 10.4 Å². The summed E-state index contributed by atoms with van der Waals surface area (Å²) in [5.74, 6) is -0.751. The Bertz CT molecular complexity index is 856. The van der Waals surface area contributed by atoms with Crippen LogP contribution in [0.2, 0.25) is 0 Å². The fourth-order valence-corrected chi connectivity index (χ4v) is 3.04. The summed E-state index contributed by atoms with van der Waals surface area (Å²) in [6.07, 6.45) is -2.80. The Kier molecular flexibility index (Phi) is 4.89. The van der Waals surface area contributed by atoms with Crippen molar-refractivity contribution in [2.24, 2.45) is 0 Å². The predicted molar refractivity (Wildman–Crippen MR) is 89.3 cm³/mol. The van der Waals surface area contributed by atoms with E-state index in [1.54, 1.807) is 22.2 Å². The maximum absolute atomic E-state index is 12.9. The smallest absolute Gasteiger partial charge is 0.350 e. The summed E-state index contributed by atoms with van der Waals surface area (Å²) in [6.45, 7) is 0.544. The molecule has 8 heteroatoms. The van der Waals surface area contributed by atoms with Gasteiger partial charge in [0, 0.05) is 12.7 Å². The highest BCUT2D eigenvalue weighted by atomic mass is 32.1. The first kappa shape index (κ1) is 17.2.